The van der Waals surface area contributed by atoms with Crippen molar-refractivity contribution in [2.45, 2.75) is 6.92 Å². The van der Waals surface area contributed by atoms with E-state index in [9.17, 15) is 4.79 Å². The molecule has 0 heterocycles. The Bertz CT molecular complexity index is 506. The summed E-state index contributed by atoms with van der Waals surface area (Å²) in [5.74, 6) is -0.867. The maximum Gasteiger partial charge on any atom is 0.335 e. The third-order valence-corrected chi connectivity index (χ3v) is 2.43. The zero-order valence-electron chi connectivity index (χ0n) is 8.53. The topological polar surface area (TPSA) is 37.3 Å². The Balaban J connectivity index is 0.00000112. The monoisotopic (exact) mass is 250 g/mol. The molecule has 0 aliphatic rings. The van der Waals surface area contributed by atoms with Crippen molar-refractivity contribution in [3.05, 3.63) is 47.5 Å². The molecule has 15 heavy (non-hydrogen) atoms. The number of benzene rings is 2. The van der Waals surface area contributed by atoms with E-state index in [2.05, 4.69) is 0 Å². The summed E-state index contributed by atoms with van der Waals surface area (Å²) in [5.41, 5.74) is 1.21. The van der Waals surface area contributed by atoms with Crippen molar-refractivity contribution < 1.29 is 29.4 Å². The van der Waals surface area contributed by atoms with Crippen LogP contribution in [0.1, 0.15) is 15.9 Å². The number of rotatable bonds is 1. The van der Waals surface area contributed by atoms with Gasteiger partial charge in [0.25, 0.3) is 0 Å². The van der Waals surface area contributed by atoms with Gasteiger partial charge in [0.15, 0.2) is 0 Å². The summed E-state index contributed by atoms with van der Waals surface area (Å²) in [4.78, 5) is 10.9. The van der Waals surface area contributed by atoms with E-state index < -0.39 is 5.97 Å². The van der Waals surface area contributed by atoms with Gasteiger partial charge in [-0.05, 0) is 29.3 Å². The minimum absolute atomic E-state index is 0. The number of fused-ring (bicyclic) bond motifs is 1. The fraction of sp³-hybridized carbons (Fsp3) is 0.0833. The largest absolute Gasteiger partial charge is 0.478 e. The van der Waals surface area contributed by atoms with E-state index in [0.717, 1.165) is 16.3 Å². The molecule has 2 nitrogen and oxygen atoms in total. The zero-order valence-corrected chi connectivity index (χ0v) is 11.5. The Morgan fingerprint density at radius 3 is 2.47 bits per heavy atom. The van der Waals surface area contributed by atoms with Gasteiger partial charge in [0.2, 0.25) is 0 Å². The molecule has 0 aromatic heterocycles. The molecule has 2 aromatic carbocycles. The summed E-state index contributed by atoms with van der Waals surface area (Å²) in [5, 5.41) is 11.0. The molecular formula is C12H10O2Zn. The summed E-state index contributed by atoms with van der Waals surface area (Å²) in [7, 11) is 0. The van der Waals surface area contributed by atoms with Gasteiger partial charge in [-0.1, -0.05) is 30.3 Å². The van der Waals surface area contributed by atoms with Crippen LogP contribution in [0, 0.1) is 6.92 Å². The summed E-state index contributed by atoms with van der Waals surface area (Å²) >= 11 is 0. The molecule has 2 rings (SSSR count). The Kier molecular flexibility index (Phi) is 3.59. The minimum atomic E-state index is -0.867. The zero-order chi connectivity index (χ0) is 10.1. The first kappa shape index (κ1) is 11.9. The molecule has 0 atom stereocenters. The molecule has 3 heteroatoms. The molecule has 0 fully saturated rings. The van der Waals surface area contributed by atoms with Crippen molar-refractivity contribution in [1.29, 1.82) is 0 Å². The summed E-state index contributed by atoms with van der Waals surface area (Å²) < 4.78 is 0. The van der Waals surface area contributed by atoms with Crippen molar-refractivity contribution in [1.82, 2.24) is 0 Å². The fourth-order valence-corrected chi connectivity index (χ4v) is 1.66. The average molecular weight is 252 g/mol. The number of aryl methyl sites for hydroxylation is 1. The van der Waals surface area contributed by atoms with Gasteiger partial charge in [0.05, 0.1) is 5.56 Å². The molecule has 0 amide bonds. The van der Waals surface area contributed by atoms with E-state index in [1.807, 2.05) is 37.3 Å². The predicted octanol–water partition coefficient (Wildman–Crippen LogP) is 2.84. The quantitative estimate of drug-likeness (QED) is 0.792. The Morgan fingerprint density at radius 1 is 1.13 bits per heavy atom. The van der Waals surface area contributed by atoms with Crippen LogP contribution < -0.4 is 0 Å². The number of carboxylic acid groups (broad SMARTS) is 1. The van der Waals surface area contributed by atoms with Crippen LogP contribution in [0.2, 0.25) is 0 Å². The van der Waals surface area contributed by atoms with E-state index in [1.165, 1.54) is 0 Å². The van der Waals surface area contributed by atoms with Gasteiger partial charge in [-0.2, -0.15) is 0 Å². The van der Waals surface area contributed by atoms with E-state index in [0.29, 0.717) is 5.56 Å². The van der Waals surface area contributed by atoms with Crippen molar-refractivity contribution in [3.8, 4) is 0 Å². The summed E-state index contributed by atoms with van der Waals surface area (Å²) in [6.07, 6.45) is 0. The molecule has 0 saturated heterocycles. The molecule has 0 unspecified atom stereocenters. The predicted molar refractivity (Wildman–Crippen MR) is 55.6 cm³/mol. The number of hydrogen-bond acceptors (Lipinski definition) is 1. The van der Waals surface area contributed by atoms with Crippen LogP contribution in [-0.2, 0) is 19.5 Å². The second-order valence-electron chi connectivity index (χ2n) is 3.26. The third kappa shape index (κ3) is 2.08. The Morgan fingerprint density at radius 2 is 1.80 bits per heavy atom. The van der Waals surface area contributed by atoms with Crippen LogP contribution in [0.15, 0.2) is 36.4 Å². The molecule has 72 valence electrons. The number of carboxylic acids is 1. The molecule has 2 aromatic rings. The standard InChI is InChI=1S/C12H10O2.Zn/c1-8-10-5-3-2-4-9(10)6-7-11(8)12(13)14;/h2-7H,1H3,(H,13,14);. The maximum absolute atomic E-state index is 10.9. The Hall–Kier alpha value is -1.21. The molecule has 0 saturated carbocycles. The molecular weight excluding hydrogens is 242 g/mol. The minimum Gasteiger partial charge on any atom is -0.478 e. The molecule has 0 bridgehead atoms. The normalized spacial score (nSPS) is 9.67. The number of hydrogen-bond donors (Lipinski definition) is 1. The van der Waals surface area contributed by atoms with Crippen LogP contribution in [0.25, 0.3) is 10.8 Å². The second-order valence-corrected chi connectivity index (χ2v) is 3.26. The van der Waals surface area contributed by atoms with Crippen LogP contribution in [0.3, 0.4) is 0 Å². The number of carbonyl (C=O) groups is 1. The van der Waals surface area contributed by atoms with Crippen molar-refractivity contribution in [2.24, 2.45) is 0 Å². The van der Waals surface area contributed by atoms with Gasteiger partial charge in [-0.3, -0.25) is 0 Å². The third-order valence-electron chi connectivity index (χ3n) is 2.43. The first-order chi connectivity index (χ1) is 6.70. The van der Waals surface area contributed by atoms with Gasteiger partial charge >= 0.3 is 5.97 Å². The average Bonchev–Trinajstić information content (AvgIpc) is 2.18. The maximum atomic E-state index is 10.9. The summed E-state index contributed by atoms with van der Waals surface area (Å²) in [6, 6.07) is 11.3. The number of aromatic carboxylic acids is 1. The van der Waals surface area contributed by atoms with E-state index in [-0.39, 0.29) is 19.5 Å². The molecule has 0 aliphatic carbocycles. The van der Waals surface area contributed by atoms with Crippen molar-refractivity contribution in [2.75, 3.05) is 0 Å². The van der Waals surface area contributed by atoms with E-state index >= 15 is 0 Å². The fourth-order valence-electron chi connectivity index (χ4n) is 1.66. The molecule has 0 radical (unpaired) electrons. The van der Waals surface area contributed by atoms with Crippen molar-refractivity contribution >= 4 is 16.7 Å². The summed E-state index contributed by atoms with van der Waals surface area (Å²) in [6.45, 7) is 1.84. The second kappa shape index (κ2) is 4.54. The SMILES string of the molecule is Cc1c(C(=O)O)ccc2ccccc12.[Zn]. The van der Waals surface area contributed by atoms with Gasteiger partial charge in [0.1, 0.15) is 0 Å². The smallest absolute Gasteiger partial charge is 0.335 e. The van der Waals surface area contributed by atoms with Gasteiger partial charge in [0, 0.05) is 19.5 Å². The van der Waals surface area contributed by atoms with E-state index in [1.54, 1.807) is 6.07 Å². The van der Waals surface area contributed by atoms with Crippen LogP contribution in [0.4, 0.5) is 0 Å². The molecule has 1 N–H and O–H groups in total. The first-order valence-electron chi connectivity index (χ1n) is 4.42. The van der Waals surface area contributed by atoms with Gasteiger partial charge in [-0.15, -0.1) is 0 Å². The van der Waals surface area contributed by atoms with Gasteiger partial charge in [-0.25, -0.2) is 4.79 Å². The first-order valence-corrected chi connectivity index (χ1v) is 4.42. The molecule has 0 spiro atoms. The van der Waals surface area contributed by atoms with Crippen LogP contribution in [-0.4, -0.2) is 11.1 Å². The van der Waals surface area contributed by atoms with Crippen molar-refractivity contribution in [3.63, 3.8) is 0 Å². The molecule has 0 aliphatic heterocycles. The van der Waals surface area contributed by atoms with Crippen LogP contribution >= 0.6 is 0 Å². The van der Waals surface area contributed by atoms with Crippen LogP contribution in [0.5, 0.6) is 0 Å². The Labute approximate surface area is 101 Å². The van der Waals surface area contributed by atoms with Gasteiger partial charge < -0.3 is 5.11 Å². The van der Waals surface area contributed by atoms with E-state index in [4.69, 9.17) is 5.11 Å².